The van der Waals surface area contributed by atoms with Crippen molar-refractivity contribution in [1.29, 1.82) is 0 Å². The maximum atomic E-state index is 4.55. The van der Waals surface area contributed by atoms with Crippen LogP contribution >= 0.6 is 39.0 Å². The number of thiazole rings is 1. The fourth-order valence-corrected chi connectivity index (χ4v) is 3.86. The average Bonchev–Trinajstić information content (AvgIpc) is 2.60. The van der Waals surface area contributed by atoms with Crippen LogP contribution in [0.5, 0.6) is 0 Å². The van der Waals surface area contributed by atoms with E-state index in [1.54, 1.807) is 11.3 Å². The third kappa shape index (κ3) is 2.49. The molecule has 0 aliphatic rings. The van der Waals surface area contributed by atoms with Crippen LogP contribution in [0.4, 0.5) is 0 Å². The molecule has 4 heteroatoms. The van der Waals surface area contributed by atoms with Crippen LogP contribution in [-0.2, 0) is 0 Å². The first kappa shape index (κ1) is 10.5. The summed E-state index contributed by atoms with van der Waals surface area (Å²) < 4.78 is 2.47. The molecule has 0 N–H and O–H groups in total. The van der Waals surface area contributed by atoms with Crippen molar-refractivity contribution in [1.82, 2.24) is 4.98 Å². The van der Waals surface area contributed by atoms with E-state index >= 15 is 0 Å². The van der Waals surface area contributed by atoms with E-state index in [4.69, 9.17) is 0 Å². The Bertz CT molecular complexity index is 380. The van der Waals surface area contributed by atoms with Gasteiger partial charge >= 0.3 is 0 Å². The Kier molecular flexibility index (Phi) is 3.84. The summed E-state index contributed by atoms with van der Waals surface area (Å²) in [6.45, 7) is 0. The molecule has 0 fully saturated rings. The molecule has 0 saturated heterocycles. The van der Waals surface area contributed by atoms with E-state index in [-0.39, 0.29) is 0 Å². The van der Waals surface area contributed by atoms with Crippen molar-refractivity contribution in [2.24, 2.45) is 0 Å². The van der Waals surface area contributed by atoms with Gasteiger partial charge in [0.25, 0.3) is 0 Å². The SMILES string of the molecule is BrCCCSc1nc2ccccc2s1. The van der Waals surface area contributed by atoms with Gasteiger partial charge in [0, 0.05) is 11.1 Å². The molecule has 14 heavy (non-hydrogen) atoms. The summed E-state index contributed by atoms with van der Waals surface area (Å²) in [6.07, 6.45) is 1.20. The number of para-hydroxylation sites is 1. The average molecular weight is 288 g/mol. The Morgan fingerprint density at radius 3 is 3.00 bits per heavy atom. The first-order valence-electron chi connectivity index (χ1n) is 4.44. The maximum absolute atomic E-state index is 4.55. The fourth-order valence-electron chi connectivity index (χ4n) is 1.13. The number of halogens is 1. The molecule has 0 spiro atoms. The molecule has 2 aromatic rings. The number of benzene rings is 1. The van der Waals surface area contributed by atoms with Gasteiger partial charge in [0.15, 0.2) is 4.34 Å². The van der Waals surface area contributed by atoms with Crippen molar-refractivity contribution in [3.05, 3.63) is 24.3 Å². The van der Waals surface area contributed by atoms with Crippen molar-refractivity contribution in [3.63, 3.8) is 0 Å². The van der Waals surface area contributed by atoms with Crippen LogP contribution in [0.25, 0.3) is 10.2 Å². The van der Waals surface area contributed by atoms with Gasteiger partial charge in [-0.3, -0.25) is 0 Å². The molecule has 0 radical (unpaired) electrons. The summed E-state index contributed by atoms with van der Waals surface area (Å²) in [4.78, 5) is 4.55. The van der Waals surface area contributed by atoms with Crippen LogP contribution in [0.15, 0.2) is 28.6 Å². The van der Waals surface area contributed by atoms with Gasteiger partial charge in [0.1, 0.15) is 0 Å². The summed E-state index contributed by atoms with van der Waals surface area (Å²) in [5.41, 5.74) is 1.12. The van der Waals surface area contributed by atoms with Crippen molar-refractivity contribution in [2.75, 3.05) is 11.1 Å². The first-order chi connectivity index (χ1) is 6.90. The minimum absolute atomic E-state index is 1.07. The van der Waals surface area contributed by atoms with E-state index in [9.17, 15) is 0 Å². The molecule has 1 aromatic heterocycles. The highest BCUT2D eigenvalue weighted by atomic mass is 79.9. The minimum Gasteiger partial charge on any atom is -0.230 e. The zero-order chi connectivity index (χ0) is 9.80. The lowest BCUT2D eigenvalue weighted by Crippen LogP contribution is -1.78. The highest BCUT2D eigenvalue weighted by Gasteiger charge is 2.02. The summed E-state index contributed by atoms with van der Waals surface area (Å²) in [7, 11) is 0. The molecule has 0 aliphatic heterocycles. The van der Waals surface area contributed by atoms with Crippen molar-refractivity contribution in [3.8, 4) is 0 Å². The lowest BCUT2D eigenvalue weighted by Gasteiger charge is -1.91. The number of fused-ring (bicyclic) bond motifs is 1. The fraction of sp³-hybridized carbons (Fsp3) is 0.300. The zero-order valence-electron chi connectivity index (χ0n) is 7.57. The van der Waals surface area contributed by atoms with Crippen molar-refractivity contribution < 1.29 is 0 Å². The number of hydrogen-bond donors (Lipinski definition) is 0. The second-order valence-electron chi connectivity index (χ2n) is 2.84. The molecular formula is C10H10BrNS2. The highest BCUT2D eigenvalue weighted by molar-refractivity contribution is 9.09. The monoisotopic (exact) mass is 287 g/mol. The van der Waals surface area contributed by atoms with Crippen LogP contribution in [-0.4, -0.2) is 16.1 Å². The van der Waals surface area contributed by atoms with Crippen LogP contribution in [0, 0.1) is 0 Å². The van der Waals surface area contributed by atoms with E-state index in [1.165, 1.54) is 15.5 Å². The Balaban J connectivity index is 2.11. The van der Waals surface area contributed by atoms with E-state index in [0.29, 0.717) is 0 Å². The predicted octanol–water partition coefficient (Wildman–Crippen LogP) is 4.17. The zero-order valence-corrected chi connectivity index (χ0v) is 10.8. The summed E-state index contributed by atoms with van der Waals surface area (Å²) in [6, 6.07) is 8.30. The second-order valence-corrected chi connectivity index (χ2v) is 6.00. The standard InChI is InChI=1S/C10H10BrNS2/c11-6-3-7-13-10-12-8-4-1-2-5-9(8)14-10/h1-2,4-5H,3,6-7H2. The number of rotatable bonds is 4. The smallest absolute Gasteiger partial charge is 0.151 e. The molecule has 1 aromatic carbocycles. The van der Waals surface area contributed by atoms with Crippen LogP contribution in [0.1, 0.15) is 6.42 Å². The number of aromatic nitrogens is 1. The van der Waals surface area contributed by atoms with Crippen LogP contribution in [0.2, 0.25) is 0 Å². The van der Waals surface area contributed by atoms with E-state index < -0.39 is 0 Å². The number of hydrogen-bond acceptors (Lipinski definition) is 3. The molecule has 0 unspecified atom stereocenters. The molecule has 0 amide bonds. The Labute approximate surface area is 100 Å². The van der Waals surface area contributed by atoms with E-state index in [0.717, 1.165) is 16.6 Å². The maximum Gasteiger partial charge on any atom is 0.151 e. The van der Waals surface area contributed by atoms with Crippen molar-refractivity contribution >= 4 is 49.2 Å². The van der Waals surface area contributed by atoms with Gasteiger partial charge in [-0.1, -0.05) is 39.8 Å². The Hall–Kier alpha value is -0.0600. The topological polar surface area (TPSA) is 12.9 Å². The molecular weight excluding hydrogens is 278 g/mol. The lowest BCUT2D eigenvalue weighted by molar-refractivity contribution is 1.13. The molecule has 1 nitrogen and oxygen atoms in total. The highest BCUT2D eigenvalue weighted by Crippen LogP contribution is 2.29. The summed E-state index contributed by atoms with van der Waals surface area (Å²) in [5.74, 6) is 1.14. The van der Waals surface area contributed by atoms with Gasteiger partial charge in [0.2, 0.25) is 0 Å². The Morgan fingerprint density at radius 2 is 2.21 bits per heavy atom. The number of nitrogens with zero attached hydrogens (tertiary/aromatic N) is 1. The quantitative estimate of drug-likeness (QED) is 0.475. The number of alkyl halides is 1. The molecule has 2 rings (SSSR count). The Morgan fingerprint density at radius 1 is 1.36 bits per heavy atom. The molecule has 0 atom stereocenters. The molecule has 0 aliphatic carbocycles. The van der Waals surface area contributed by atoms with Gasteiger partial charge in [-0.15, -0.1) is 11.3 Å². The summed E-state index contributed by atoms with van der Waals surface area (Å²) >= 11 is 7.06. The predicted molar refractivity (Wildman–Crippen MR) is 68.8 cm³/mol. The van der Waals surface area contributed by atoms with Gasteiger partial charge in [0.05, 0.1) is 10.2 Å². The van der Waals surface area contributed by atoms with E-state index in [2.05, 4.69) is 39.1 Å². The van der Waals surface area contributed by atoms with Gasteiger partial charge < -0.3 is 0 Å². The van der Waals surface area contributed by atoms with Crippen LogP contribution in [0.3, 0.4) is 0 Å². The van der Waals surface area contributed by atoms with Gasteiger partial charge in [-0.05, 0) is 18.6 Å². The largest absolute Gasteiger partial charge is 0.230 e. The minimum atomic E-state index is 1.07. The van der Waals surface area contributed by atoms with Crippen LogP contribution < -0.4 is 0 Å². The lowest BCUT2D eigenvalue weighted by atomic mass is 10.3. The van der Waals surface area contributed by atoms with Crippen molar-refractivity contribution in [2.45, 2.75) is 10.8 Å². The summed E-state index contributed by atoms with van der Waals surface area (Å²) in [5, 5.41) is 1.07. The van der Waals surface area contributed by atoms with E-state index in [1.807, 2.05) is 17.8 Å². The normalized spacial score (nSPS) is 10.9. The third-order valence-corrected chi connectivity index (χ3v) is 4.60. The number of thioether (sulfide) groups is 1. The molecule has 1 heterocycles. The molecule has 74 valence electrons. The molecule has 0 bridgehead atoms. The van der Waals surface area contributed by atoms with Gasteiger partial charge in [-0.2, -0.15) is 0 Å². The first-order valence-corrected chi connectivity index (χ1v) is 7.37. The molecule has 0 saturated carbocycles. The van der Waals surface area contributed by atoms with Gasteiger partial charge in [-0.25, -0.2) is 4.98 Å². The second kappa shape index (κ2) is 5.14. The third-order valence-electron chi connectivity index (χ3n) is 1.78.